The van der Waals surface area contributed by atoms with Crippen LogP contribution >= 0.6 is 23.4 Å². The lowest BCUT2D eigenvalue weighted by Gasteiger charge is -2.13. The third kappa shape index (κ3) is 4.44. The Morgan fingerprint density at radius 1 is 1.10 bits per heavy atom. The van der Waals surface area contributed by atoms with Crippen molar-refractivity contribution in [1.82, 2.24) is 25.0 Å². The van der Waals surface area contributed by atoms with Crippen molar-refractivity contribution in [1.29, 1.82) is 0 Å². The number of nitrogens with zero attached hydrogens (tertiary/aromatic N) is 4. The molecule has 0 saturated carbocycles. The van der Waals surface area contributed by atoms with E-state index in [-0.39, 0.29) is 17.7 Å². The minimum Gasteiger partial charge on any atom is -0.336 e. The molecule has 1 aliphatic heterocycles. The van der Waals surface area contributed by atoms with Crippen LogP contribution in [0.1, 0.15) is 5.56 Å². The van der Waals surface area contributed by atoms with Crippen LogP contribution in [0.4, 0.5) is 4.79 Å². The number of hydrogen-bond donors (Lipinski definition) is 1. The number of nitrogens with one attached hydrogen (secondary N) is 1. The first-order valence-corrected chi connectivity index (χ1v) is 10.4. The van der Waals surface area contributed by atoms with Gasteiger partial charge in [0.05, 0.1) is 12.3 Å². The molecule has 1 saturated heterocycles. The van der Waals surface area contributed by atoms with Gasteiger partial charge >= 0.3 is 6.03 Å². The Morgan fingerprint density at radius 3 is 2.55 bits per heavy atom. The summed E-state index contributed by atoms with van der Waals surface area (Å²) in [6, 6.07) is 17.0. The van der Waals surface area contributed by atoms with E-state index in [1.807, 2.05) is 47.0 Å². The van der Waals surface area contributed by atoms with Crippen LogP contribution in [0, 0.1) is 0 Å². The molecule has 29 heavy (non-hydrogen) atoms. The molecule has 4 rings (SSSR count). The molecule has 3 aromatic rings. The molecule has 0 radical (unpaired) electrons. The van der Waals surface area contributed by atoms with E-state index < -0.39 is 0 Å². The first kappa shape index (κ1) is 19.5. The van der Waals surface area contributed by atoms with Gasteiger partial charge in [-0.15, -0.1) is 10.2 Å². The van der Waals surface area contributed by atoms with Crippen LogP contribution in [-0.2, 0) is 11.3 Å². The molecule has 148 valence electrons. The van der Waals surface area contributed by atoms with Crippen molar-refractivity contribution in [2.45, 2.75) is 11.7 Å². The van der Waals surface area contributed by atoms with Crippen LogP contribution in [-0.4, -0.2) is 50.4 Å². The van der Waals surface area contributed by atoms with Crippen molar-refractivity contribution in [2.75, 3.05) is 18.8 Å². The molecule has 0 aliphatic carbocycles. The molecule has 3 amide bonds. The number of imide groups is 1. The maximum atomic E-state index is 12.4. The third-order valence-electron chi connectivity index (χ3n) is 4.49. The Morgan fingerprint density at radius 2 is 1.86 bits per heavy atom. The monoisotopic (exact) mass is 427 g/mol. The van der Waals surface area contributed by atoms with Crippen LogP contribution in [0.2, 0.25) is 5.02 Å². The topological polar surface area (TPSA) is 80.1 Å². The Bertz CT molecular complexity index is 1020. The highest BCUT2D eigenvalue weighted by Gasteiger charge is 2.26. The molecular weight excluding hydrogens is 410 g/mol. The number of aromatic nitrogens is 3. The van der Waals surface area contributed by atoms with Gasteiger partial charge in [-0.3, -0.25) is 14.3 Å². The van der Waals surface area contributed by atoms with Crippen molar-refractivity contribution in [3.05, 3.63) is 65.2 Å². The second-order valence-corrected chi connectivity index (χ2v) is 7.83. The molecule has 1 fully saturated rings. The van der Waals surface area contributed by atoms with Crippen molar-refractivity contribution in [3.63, 3.8) is 0 Å². The van der Waals surface area contributed by atoms with E-state index in [1.54, 1.807) is 12.1 Å². The summed E-state index contributed by atoms with van der Waals surface area (Å²) in [5, 5.41) is 12.5. The van der Waals surface area contributed by atoms with E-state index >= 15 is 0 Å². The van der Waals surface area contributed by atoms with Gasteiger partial charge in [-0.25, -0.2) is 4.79 Å². The molecule has 0 spiro atoms. The highest BCUT2D eigenvalue weighted by atomic mass is 35.5. The second-order valence-electron chi connectivity index (χ2n) is 6.45. The largest absolute Gasteiger partial charge is 0.336 e. The number of thioether (sulfide) groups is 1. The van der Waals surface area contributed by atoms with Gasteiger partial charge in [0.25, 0.3) is 0 Å². The fourth-order valence-corrected chi connectivity index (χ4v) is 3.97. The molecule has 7 nitrogen and oxygen atoms in total. The van der Waals surface area contributed by atoms with Gasteiger partial charge in [0.1, 0.15) is 0 Å². The van der Waals surface area contributed by atoms with Crippen LogP contribution in [0.15, 0.2) is 59.8 Å². The Hall–Kier alpha value is -2.84. The predicted octanol–water partition coefficient (Wildman–Crippen LogP) is 3.29. The molecule has 0 bridgehead atoms. The van der Waals surface area contributed by atoms with Gasteiger partial charge in [0.15, 0.2) is 11.0 Å². The number of urea groups is 1. The summed E-state index contributed by atoms with van der Waals surface area (Å²) < 4.78 is 1.97. The molecule has 1 aliphatic rings. The van der Waals surface area contributed by atoms with Crippen LogP contribution in [0.25, 0.3) is 11.4 Å². The summed E-state index contributed by atoms with van der Waals surface area (Å²) in [5.41, 5.74) is 1.98. The lowest BCUT2D eigenvalue weighted by molar-refractivity contribution is -0.124. The van der Waals surface area contributed by atoms with Gasteiger partial charge in [-0.2, -0.15) is 0 Å². The molecule has 2 aromatic carbocycles. The van der Waals surface area contributed by atoms with Crippen molar-refractivity contribution in [2.24, 2.45) is 0 Å². The highest BCUT2D eigenvalue weighted by Crippen LogP contribution is 2.26. The number of hydrogen-bond acceptors (Lipinski definition) is 5. The number of carbonyl (C=O) groups excluding carboxylic acids is 2. The SMILES string of the molecule is O=C(CSc1nnc(-c2ccc(Cl)cc2)n1Cc1ccccc1)N1CCNC1=O. The Kier molecular flexibility index (Phi) is 5.82. The zero-order valence-electron chi connectivity index (χ0n) is 15.4. The standard InChI is InChI=1S/C20H18ClN5O2S/c21-16-8-6-15(7-9-16)18-23-24-20(26(18)12-14-4-2-1-3-5-14)29-13-17(27)25-11-10-22-19(25)28/h1-9H,10-13H2,(H,22,28). The Labute approximate surface area is 177 Å². The van der Waals surface area contributed by atoms with E-state index in [2.05, 4.69) is 15.5 Å². The molecule has 0 atom stereocenters. The first-order chi connectivity index (χ1) is 14.1. The number of halogens is 1. The fourth-order valence-electron chi connectivity index (χ4n) is 3.03. The molecule has 1 N–H and O–H groups in total. The average Bonchev–Trinajstić information content (AvgIpc) is 3.34. The maximum Gasteiger partial charge on any atom is 0.324 e. The van der Waals surface area contributed by atoms with Gasteiger partial charge in [0, 0.05) is 23.7 Å². The lowest BCUT2D eigenvalue weighted by atomic mass is 10.2. The number of rotatable bonds is 6. The van der Waals surface area contributed by atoms with Crippen molar-refractivity contribution in [3.8, 4) is 11.4 Å². The van der Waals surface area contributed by atoms with Crippen molar-refractivity contribution < 1.29 is 9.59 Å². The second kappa shape index (κ2) is 8.67. The summed E-state index contributed by atoms with van der Waals surface area (Å²) in [4.78, 5) is 25.3. The third-order valence-corrected chi connectivity index (χ3v) is 5.69. The summed E-state index contributed by atoms with van der Waals surface area (Å²) in [7, 11) is 0. The number of amides is 3. The minimum absolute atomic E-state index is 0.112. The molecular formula is C20H18ClN5O2S. The van der Waals surface area contributed by atoms with E-state index in [0.717, 1.165) is 11.1 Å². The molecule has 1 aromatic heterocycles. The van der Waals surface area contributed by atoms with Gasteiger partial charge in [0.2, 0.25) is 5.91 Å². The smallest absolute Gasteiger partial charge is 0.324 e. The van der Waals surface area contributed by atoms with Crippen LogP contribution < -0.4 is 5.32 Å². The van der Waals surface area contributed by atoms with E-state index in [9.17, 15) is 9.59 Å². The quantitative estimate of drug-likeness (QED) is 0.610. The van der Waals surface area contributed by atoms with E-state index in [0.29, 0.717) is 35.6 Å². The summed E-state index contributed by atoms with van der Waals surface area (Å²) in [6.07, 6.45) is 0. The zero-order valence-corrected chi connectivity index (χ0v) is 17.0. The highest BCUT2D eigenvalue weighted by molar-refractivity contribution is 7.99. The lowest BCUT2D eigenvalue weighted by Crippen LogP contribution is -2.35. The number of carbonyl (C=O) groups is 2. The number of benzene rings is 2. The average molecular weight is 428 g/mol. The van der Waals surface area contributed by atoms with Crippen molar-refractivity contribution >= 4 is 35.3 Å². The summed E-state index contributed by atoms with van der Waals surface area (Å²) >= 11 is 7.28. The fraction of sp³-hybridized carbons (Fsp3) is 0.200. The molecule has 0 unspecified atom stereocenters. The van der Waals surface area contributed by atoms with Crippen LogP contribution in [0.5, 0.6) is 0 Å². The first-order valence-electron chi connectivity index (χ1n) is 9.06. The van der Waals surface area contributed by atoms with E-state index in [4.69, 9.17) is 11.6 Å². The van der Waals surface area contributed by atoms with Gasteiger partial charge in [-0.05, 0) is 29.8 Å². The summed E-state index contributed by atoms with van der Waals surface area (Å²) in [5.74, 6) is 0.563. The van der Waals surface area contributed by atoms with Crippen LogP contribution in [0.3, 0.4) is 0 Å². The molecule has 2 heterocycles. The maximum absolute atomic E-state index is 12.4. The predicted molar refractivity (Wildman–Crippen MR) is 112 cm³/mol. The summed E-state index contributed by atoms with van der Waals surface area (Å²) in [6.45, 7) is 1.44. The Balaban J connectivity index is 1.59. The normalized spacial score (nSPS) is 13.6. The minimum atomic E-state index is -0.344. The van der Waals surface area contributed by atoms with E-state index in [1.165, 1.54) is 16.7 Å². The van der Waals surface area contributed by atoms with Gasteiger partial charge in [-0.1, -0.05) is 53.7 Å². The molecule has 9 heteroatoms. The zero-order chi connectivity index (χ0) is 20.2. The van der Waals surface area contributed by atoms with Gasteiger partial charge < -0.3 is 5.32 Å².